The van der Waals surface area contributed by atoms with Gasteiger partial charge in [0, 0.05) is 40.5 Å². The summed E-state index contributed by atoms with van der Waals surface area (Å²) in [7, 11) is 2.00. The van der Waals surface area contributed by atoms with E-state index in [4.69, 9.17) is 10.2 Å². The van der Waals surface area contributed by atoms with Crippen LogP contribution in [0, 0.1) is 6.07 Å². The minimum Gasteiger partial charge on any atom is -0.400 e. The minimum absolute atomic E-state index is 0. The van der Waals surface area contributed by atoms with Gasteiger partial charge in [-0.05, 0) is 30.0 Å². The molecule has 0 spiro atoms. The van der Waals surface area contributed by atoms with E-state index in [0.717, 1.165) is 31.4 Å². The Morgan fingerprint density at radius 2 is 1.75 bits per heavy atom. The molecule has 1 aliphatic rings. The summed E-state index contributed by atoms with van der Waals surface area (Å²) in [5.74, 6) is 0.784. The molecule has 111 valence electrons. The fourth-order valence-electron chi connectivity index (χ4n) is 1.78. The summed E-state index contributed by atoms with van der Waals surface area (Å²) in [6.45, 7) is 0. The van der Waals surface area contributed by atoms with Gasteiger partial charge in [0.05, 0.1) is 0 Å². The summed E-state index contributed by atoms with van der Waals surface area (Å²) in [6.07, 6.45) is 4.67. The molecule has 0 bridgehead atoms. The van der Waals surface area contributed by atoms with E-state index in [-0.39, 0.29) is 20.1 Å². The molecule has 0 saturated heterocycles. The Morgan fingerprint density at radius 3 is 2.20 bits per heavy atom. The first kappa shape index (κ1) is 18.9. The first-order chi connectivity index (χ1) is 9.43. The largest absolute Gasteiger partial charge is 0.400 e. The average molecular weight is 451 g/mol. The molecule has 2 N–H and O–H groups in total. The van der Waals surface area contributed by atoms with Crippen LogP contribution in [0.5, 0.6) is 0 Å². The van der Waals surface area contributed by atoms with Gasteiger partial charge in [0.1, 0.15) is 0 Å². The van der Waals surface area contributed by atoms with Crippen LogP contribution in [0.15, 0.2) is 42.6 Å². The van der Waals surface area contributed by atoms with E-state index in [1.165, 1.54) is 18.4 Å². The zero-order chi connectivity index (χ0) is 14.1. The molecule has 0 unspecified atom stereocenters. The maximum absolute atomic E-state index is 7.00. The molecule has 4 heteroatoms. The van der Waals surface area contributed by atoms with Crippen molar-refractivity contribution in [1.29, 1.82) is 0 Å². The van der Waals surface area contributed by atoms with Crippen LogP contribution >= 0.6 is 0 Å². The maximum atomic E-state index is 7.00. The Balaban J connectivity index is 0.000000667. The fraction of sp³-hybridized carbons (Fsp3) is 0.312. The SMILES string of the molecule is CO.CO.[Ir].[c-]1ccccc1-c1ccc(C2CC2)cn1. The number of pyridine rings is 1. The number of aliphatic hydroxyl groups is 2. The summed E-state index contributed by atoms with van der Waals surface area (Å²) < 4.78 is 0. The second kappa shape index (κ2) is 10.7. The van der Waals surface area contributed by atoms with Gasteiger partial charge in [-0.15, -0.1) is 35.9 Å². The molecule has 1 saturated carbocycles. The van der Waals surface area contributed by atoms with Gasteiger partial charge in [-0.2, -0.15) is 0 Å². The molecule has 0 aliphatic heterocycles. The third-order valence-electron chi connectivity index (χ3n) is 2.82. The summed E-state index contributed by atoms with van der Waals surface area (Å²) in [5.41, 5.74) is 3.47. The molecule has 1 heterocycles. The van der Waals surface area contributed by atoms with Gasteiger partial charge in [-0.1, -0.05) is 12.1 Å². The molecule has 0 atom stereocenters. The van der Waals surface area contributed by atoms with Crippen molar-refractivity contribution in [2.75, 3.05) is 14.2 Å². The number of aromatic nitrogens is 1. The van der Waals surface area contributed by atoms with Crippen molar-refractivity contribution in [3.05, 3.63) is 54.2 Å². The number of hydrogen-bond donors (Lipinski definition) is 2. The molecule has 1 aromatic heterocycles. The van der Waals surface area contributed by atoms with Crippen molar-refractivity contribution in [2.45, 2.75) is 18.8 Å². The molecule has 2 aromatic rings. The van der Waals surface area contributed by atoms with Crippen molar-refractivity contribution >= 4 is 0 Å². The smallest absolute Gasteiger partial charge is 0.0319 e. The molecular formula is C16H20IrNO2-. The van der Waals surface area contributed by atoms with Crippen LogP contribution in [0.25, 0.3) is 11.3 Å². The topological polar surface area (TPSA) is 53.4 Å². The van der Waals surface area contributed by atoms with Crippen molar-refractivity contribution in [3.63, 3.8) is 0 Å². The third-order valence-corrected chi connectivity index (χ3v) is 2.82. The van der Waals surface area contributed by atoms with Crippen LogP contribution in [-0.4, -0.2) is 29.4 Å². The van der Waals surface area contributed by atoms with E-state index in [0.29, 0.717) is 0 Å². The van der Waals surface area contributed by atoms with Crippen molar-refractivity contribution in [2.24, 2.45) is 0 Å². The van der Waals surface area contributed by atoms with Crippen LogP contribution in [0.4, 0.5) is 0 Å². The van der Waals surface area contributed by atoms with E-state index in [9.17, 15) is 0 Å². The summed E-state index contributed by atoms with van der Waals surface area (Å²) >= 11 is 0. The van der Waals surface area contributed by atoms with Gasteiger partial charge in [0.15, 0.2) is 0 Å². The normalized spacial score (nSPS) is 12.0. The zero-order valence-corrected chi connectivity index (χ0v) is 14.1. The summed E-state index contributed by atoms with van der Waals surface area (Å²) in [4.78, 5) is 4.48. The van der Waals surface area contributed by atoms with E-state index in [2.05, 4.69) is 23.2 Å². The van der Waals surface area contributed by atoms with E-state index < -0.39 is 0 Å². The van der Waals surface area contributed by atoms with Gasteiger partial charge in [-0.3, -0.25) is 0 Å². The summed E-state index contributed by atoms with van der Waals surface area (Å²) in [5, 5.41) is 14.0. The molecular weight excluding hydrogens is 430 g/mol. The molecule has 0 amide bonds. The van der Waals surface area contributed by atoms with Crippen molar-refractivity contribution in [1.82, 2.24) is 4.98 Å². The summed E-state index contributed by atoms with van der Waals surface area (Å²) in [6, 6.07) is 15.4. The van der Waals surface area contributed by atoms with Crippen LogP contribution in [0.3, 0.4) is 0 Å². The molecule has 1 aromatic carbocycles. The van der Waals surface area contributed by atoms with Crippen molar-refractivity contribution in [3.8, 4) is 11.3 Å². The minimum atomic E-state index is 0. The first-order valence-corrected chi connectivity index (χ1v) is 6.26. The van der Waals surface area contributed by atoms with Gasteiger partial charge in [-0.25, -0.2) is 0 Å². The number of nitrogens with zero attached hydrogens (tertiary/aromatic N) is 1. The zero-order valence-electron chi connectivity index (χ0n) is 11.7. The number of hydrogen-bond acceptors (Lipinski definition) is 3. The molecule has 3 rings (SSSR count). The average Bonchev–Trinajstić information content (AvgIpc) is 3.37. The van der Waals surface area contributed by atoms with Crippen LogP contribution in [0.2, 0.25) is 0 Å². The Kier molecular flexibility index (Phi) is 10.1. The molecule has 1 aliphatic carbocycles. The van der Waals surface area contributed by atoms with E-state index in [1.54, 1.807) is 0 Å². The second-order valence-electron chi connectivity index (χ2n) is 4.03. The van der Waals surface area contributed by atoms with Gasteiger partial charge in [0.2, 0.25) is 0 Å². The molecule has 20 heavy (non-hydrogen) atoms. The van der Waals surface area contributed by atoms with Crippen LogP contribution < -0.4 is 0 Å². The third kappa shape index (κ3) is 5.51. The van der Waals surface area contributed by atoms with Crippen LogP contribution in [-0.2, 0) is 20.1 Å². The molecule has 1 radical (unpaired) electrons. The number of benzene rings is 1. The predicted octanol–water partition coefficient (Wildman–Crippen LogP) is 2.64. The van der Waals surface area contributed by atoms with Gasteiger partial charge < -0.3 is 15.2 Å². The Hall–Kier alpha value is -1.06. The van der Waals surface area contributed by atoms with Gasteiger partial charge in [0.25, 0.3) is 0 Å². The molecule has 3 nitrogen and oxygen atoms in total. The predicted molar refractivity (Wildman–Crippen MR) is 76.8 cm³/mol. The quantitative estimate of drug-likeness (QED) is 0.692. The Labute approximate surface area is 134 Å². The van der Waals surface area contributed by atoms with E-state index >= 15 is 0 Å². The Morgan fingerprint density at radius 1 is 1.05 bits per heavy atom. The van der Waals surface area contributed by atoms with Crippen molar-refractivity contribution < 1.29 is 30.3 Å². The fourth-order valence-corrected chi connectivity index (χ4v) is 1.78. The standard InChI is InChI=1S/C14H12N.2CH4O.Ir/c1-2-4-12(5-3-1)14-9-8-13(10-15-14)11-6-7-11;2*1-2;/h1-4,8-11H,6-7H2;2*2H,1H3;/q-1;;;. The first-order valence-electron chi connectivity index (χ1n) is 6.26. The Bertz CT molecular complexity index is 456. The monoisotopic (exact) mass is 451 g/mol. The van der Waals surface area contributed by atoms with Gasteiger partial charge >= 0.3 is 0 Å². The number of aliphatic hydroxyl groups excluding tert-OH is 2. The molecule has 1 fully saturated rings. The van der Waals surface area contributed by atoms with E-state index in [1.807, 2.05) is 30.5 Å². The number of rotatable bonds is 2. The second-order valence-corrected chi connectivity index (χ2v) is 4.03. The maximum Gasteiger partial charge on any atom is 0.0319 e. The van der Waals surface area contributed by atoms with Crippen LogP contribution in [0.1, 0.15) is 24.3 Å².